The van der Waals surface area contributed by atoms with Crippen molar-refractivity contribution in [1.29, 1.82) is 0 Å². The smallest absolute Gasteiger partial charge is 0.339 e. The maximum atomic E-state index is 12.3. The van der Waals surface area contributed by atoms with Gasteiger partial charge in [-0.3, -0.25) is 4.79 Å². The second-order valence-corrected chi connectivity index (χ2v) is 5.98. The quantitative estimate of drug-likeness (QED) is 0.881. The van der Waals surface area contributed by atoms with Crippen LogP contribution in [-0.2, 0) is 16.0 Å². The van der Waals surface area contributed by atoms with Gasteiger partial charge in [0.15, 0.2) is 11.9 Å². The van der Waals surface area contributed by atoms with Gasteiger partial charge < -0.3 is 14.6 Å². The second-order valence-electron chi connectivity index (χ2n) is 5.98. The molecular weight excluding hydrogens is 296 g/mol. The lowest BCUT2D eigenvalue weighted by Gasteiger charge is -2.24. The topological polar surface area (TPSA) is 81.4 Å². The molecule has 1 aliphatic rings. The maximum absolute atomic E-state index is 12.3. The van der Waals surface area contributed by atoms with Crippen molar-refractivity contribution in [2.75, 3.05) is 5.32 Å². The minimum absolute atomic E-state index is 0.310. The number of benzene rings is 1. The van der Waals surface area contributed by atoms with Gasteiger partial charge in [-0.1, -0.05) is 31.1 Å². The van der Waals surface area contributed by atoms with E-state index in [1.165, 1.54) is 0 Å². The van der Waals surface area contributed by atoms with E-state index in [9.17, 15) is 9.59 Å². The van der Waals surface area contributed by atoms with E-state index in [-0.39, 0.29) is 0 Å². The number of aromatic nitrogens is 1. The normalized spacial score (nSPS) is 16.9. The Morgan fingerprint density at radius 3 is 2.78 bits per heavy atom. The van der Waals surface area contributed by atoms with Crippen LogP contribution in [0.2, 0.25) is 0 Å². The third-order valence-electron chi connectivity index (χ3n) is 3.84. The number of anilines is 1. The average molecular weight is 314 g/mol. The third-order valence-corrected chi connectivity index (χ3v) is 3.84. The van der Waals surface area contributed by atoms with Gasteiger partial charge in [-0.15, -0.1) is 0 Å². The van der Waals surface area contributed by atoms with E-state index in [0.717, 1.165) is 11.1 Å². The number of aryl methyl sites for hydroxylation is 1. The molecule has 0 fully saturated rings. The van der Waals surface area contributed by atoms with Crippen molar-refractivity contribution in [1.82, 2.24) is 5.16 Å². The van der Waals surface area contributed by atoms with E-state index in [1.807, 2.05) is 12.1 Å². The van der Waals surface area contributed by atoms with Crippen LogP contribution < -0.4 is 5.32 Å². The predicted octanol–water partition coefficient (Wildman–Crippen LogP) is 2.83. The minimum atomic E-state index is -0.866. The number of carbonyl (C=O) groups is 2. The van der Waals surface area contributed by atoms with Crippen LogP contribution in [0.5, 0.6) is 0 Å². The fourth-order valence-electron chi connectivity index (χ4n) is 2.55. The molecule has 0 bridgehead atoms. The molecule has 1 unspecified atom stereocenters. The molecule has 0 spiro atoms. The van der Waals surface area contributed by atoms with Gasteiger partial charge in [0.2, 0.25) is 0 Å². The number of carbonyl (C=O) groups excluding carboxylic acids is 2. The predicted molar refractivity (Wildman–Crippen MR) is 83.3 cm³/mol. The molecule has 6 nitrogen and oxygen atoms in total. The summed E-state index contributed by atoms with van der Waals surface area (Å²) in [7, 11) is 0. The van der Waals surface area contributed by atoms with Gasteiger partial charge in [-0.05, 0) is 30.0 Å². The summed E-state index contributed by atoms with van der Waals surface area (Å²) < 4.78 is 10.1. The average Bonchev–Trinajstić information content (AvgIpc) is 2.91. The van der Waals surface area contributed by atoms with Gasteiger partial charge in [0.25, 0.3) is 5.91 Å². The van der Waals surface area contributed by atoms with Crippen LogP contribution >= 0.6 is 0 Å². The molecule has 1 atom stereocenters. The Bertz CT molecular complexity index is 764. The highest BCUT2D eigenvalue weighted by atomic mass is 16.5. The summed E-state index contributed by atoms with van der Waals surface area (Å²) in [4.78, 5) is 24.4. The second kappa shape index (κ2) is 5.87. The molecule has 1 aliphatic heterocycles. The Morgan fingerprint density at radius 2 is 2.13 bits per heavy atom. The largest absolute Gasteiger partial charge is 0.448 e. The van der Waals surface area contributed by atoms with Crippen molar-refractivity contribution < 1.29 is 18.8 Å². The zero-order chi connectivity index (χ0) is 16.6. The highest BCUT2D eigenvalue weighted by molar-refractivity contribution is 5.99. The number of fused-ring (bicyclic) bond motifs is 1. The third kappa shape index (κ3) is 3.11. The number of nitrogens with one attached hydrogen (secondary N) is 1. The van der Waals surface area contributed by atoms with Crippen LogP contribution in [-0.4, -0.2) is 23.1 Å². The van der Waals surface area contributed by atoms with Gasteiger partial charge in [-0.2, -0.15) is 0 Å². The summed E-state index contributed by atoms with van der Waals surface area (Å²) in [6, 6.07) is 7.26. The van der Waals surface area contributed by atoms with Crippen LogP contribution in [0.1, 0.15) is 47.0 Å². The number of hydrogen-bond acceptors (Lipinski definition) is 5. The Morgan fingerprint density at radius 1 is 1.35 bits per heavy atom. The minimum Gasteiger partial charge on any atom is -0.448 e. The van der Waals surface area contributed by atoms with E-state index in [1.54, 1.807) is 19.1 Å². The van der Waals surface area contributed by atoms with Crippen LogP contribution in [0.15, 0.2) is 28.8 Å². The number of rotatable bonds is 3. The molecule has 0 radical (unpaired) electrons. The van der Waals surface area contributed by atoms with Crippen molar-refractivity contribution in [3.8, 4) is 0 Å². The molecular formula is C17H18N2O4. The Labute approximate surface area is 133 Å². The molecule has 0 saturated carbocycles. The van der Waals surface area contributed by atoms with Crippen LogP contribution in [0.25, 0.3) is 0 Å². The molecule has 120 valence electrons. The lowest BCUT2D eigenvalue weighted by atomic mass is 9.92. The standard InChI is InChI=1S/C17H18N2O4/c1-9(2)11-4-5-13-12(7-11)8-14(22-17(13)21)16(20)18-15-6-10(3)23-19-15/h4-7,9,14H,8H2,1-3H3,(H,18,19,20). The maximum Gasteiger partial charge on any atom is 0.339 e. The molecule has 23 heavy (non-hydrogen) atoms. The molecule has 3 rings (SSSR count). The molecule has 1 N–H and O–H groups in total. The first-order valence-corrected chi connectivity index (χ1v) is 7.52. The van der Waals surface area contributed by atoms with Crippen molar-refractivity contribution in [2.45, 2.75) is 39.2 Å². The van der Waals surface area contributed by atoms with Crippen molar-refractivity contribution >= 4 is 17.7 Å². The zero-order valence-electron chi connectivity index (χ0n) is 13.3. The number of nitrogens with zero attached hydrogens (tertiary/aromatic N) is 1. The summed E-state index contributed by atoms with van der Waals surface area (Å²) in [6.07, 6.45) is -0.515. The molecule has 2 aromatic rings. The Kier molecular flexibility index (Phi) is 3.90. The summed E-state index contributed by atoms with van der Waals surface area (Å²) in [5.41, 5.74) is 2.49. The highest BCUT2D eigenvalue weighted by Gasteiger charge is 2.32. The lowest BCUT2D eigenvalue weighted by molar-refractivity contribution is -0.125. The van der Waals surface area contributed by atoms with Crippen molar-refractivity contribution in [3.63, 3.8) is 0 Å². The molecule has 2 heterocycles. The number of ether oxygens (including phenoxy) is 1. The Hall–Kier alpha value is -2.63. The van der Waals surface area contributed by atoms with E-state index >= 15 is 0 Å². The molecule has 1 amide bonds. The van der Waals surface area contributed by atoms with Gasteiger partial charge in [-0.25, -0.2) is 4.79 Å². The summed E-state index contributed by atoms with van der Waals surface area (Å²) in [5, 5.41) is 6.30. The van der Waals surface area contributed by atoms with Crippen molar-refractivity contribution in [2.24, 2.45) is 0 Å². The van der Waals surface area contributed by atoms with Gasteiger partial charge in [0, 0.05) is 12.5 Å². The highest BCUT2D eigenvalue weighted by Crippen LogP contribution is 2.25. The number of cyclic esters (lactones) is 1. The summed E-state index contributed by atoms with van der Waals surface area (Å²) in [5.74, 6) is 0.368. The monoisotopic (exact) mass is 314 g/mol. The van der Waals surface area contributed by atoms with Crippen LogP contribution in [0.4, 0.5) is 5.82 Å². The summed E-state index contributed by atoms with van der Waals surface area (Å²) in [6.45, 7) is 5.90. The van der Waals surface area contributed by atoms with Gasteiger partial charge >= 0.3 is 5.97 Å². The van der Waals surface area contributed by atoms with Gasteiger partial charge in [0.1, 0.15) is 5.76 Å². The van der Waals surface area contributed by atoms with E-state index < -0.39 is 18.0 Å². The molecule has 0 saturated heterocycles. The Balaban J connectivity index is 1.80. The first kappa shape index (κ1) is 15.3. The molecule has 6 heteroatoms. The number of esters is 1. The fourth-order valence-corrected chi connectivity index (χ4v) is 2.55. The van der Waals surface area contributed by atoms with E-state index in [2.05, 4.69) is 24.3 Å². The van der Waals surface area contributed by atoms with Gasteiger partial charge in [0.05, 0.1) is 5.56 Å². The van der Waals surface area contributed by atoms with E-state index in [4.69, 9.17) is 9.26 Å². The van der Waals surface area contributed by atoms with Crippen LogP contribution in [0.3, 0.4) is 0 Å². The first-order valence-electron chi connectivity index (χ1n) is 7.52. The van der Waals surface area contributed by atoms with E-state index in [0.29, 0.717) is 29.5 Å². The number of hydrogen-bond donors (Lipinski definition) is 1. The fraction of sp³-hybridized carbons (Fsp3) is 0.353. The SMILES string of the molecule is Cc1cc(NC(=O)C2Cc3cc(C(C)C)ccc3C(=O)O2)no1. The van der Waals surface area contributed by atoms with Crippen LogP contribution in [0, 0.1) is 6.92 Å². The number of amides is 1. The molecule has 1 aromatic heterocycles. The zero-order valence-corrected chi connectivity index (χ0v) is 13.3. The van der Waals surface area contributed by atoms with Crippen molar-refractivity contribution in [3.05, 3.63) is 46.7 Å². The summed E-state index contributed by atoms with van der Waals surface area (Å²) >= 11 is 0. The lowest BCUT2D eigenvalue weighted by Crippen LogP contribution is -2.38. The first-order chi connectivity index (χ1) is 10.9. The molecule has 0 aliphatic carbocycles. The molecule has 1 aromatic carbocycles.